The molecule has 1 aliphatic heterocycles. The highest BCUT2D eigenvalue weighted by Crippen LogP contribution is 2.17. The molecule has 4 N–H and O–H groups in total. The molecule has 1 saturated heterocycles. The molecule has 1 aromatic carbocycles. The van der Waals surface area contributed by atoms with E-state index in [-0.39, 0.29) is 18.8 Å². The highest BCUT2D eigenvalue weighted by molar-refractivity contribution is 6.01. The molecule has 0 bridgehead atoms. The van der Waals surface area contributed by atoms with E-state index in [2.05, 4.69) is 10.6 Å². The number of nitrogen functional groups attached to an aromatic ring is 1. The van der Waals surface area contributed by atoms with Gasteiger partial charge < -0.3 is 11.1 Å². The van der Waals surface area contributed by atoms with Crippen molar-refractivity contribution in [3.8, 4) is 0 Å². The van der Waals surface area contributed by atoms with Crippen LogP contribution in [0.1, 0.15) is 6.92 Å². The van der Waals surface area contributed by atoms with Gasteiger partial charge >= 0.3 is 0 Å². The molecule has 1 aliphatic rings. The molecular weight excluding hydrogens is 279 g/mol. The van der Waals surface area contributed by atoms with E-state index >= 15 is 0 Å². The number of nitrogens with two attached hydrogens (primary N) is 1. The number of carbonyl (C=O) groups is 3. The van der Waals surface area contributed by atoms with E-state index < -0.39 is 29.6 Å². The standard InChI is InChI=1S/C13H15FN4O3/c1-7(18-5-11(19)17-12(20)6-18)13(21)16-8-2-3-9(14)10(15)4-8/h2-4,7H,5-6,15H2,1H3,(H,16,21)(H,17,19,20). The Morgan fingerprint density at radius 2 is 2.00 bits per heavy atom. The van der Waals surface area contributed by atoms with Gasteiger partial charge in [-0.25, -0.2) is 4.39 Å². The minimum atomic E-state index is -0.689. The molecule has 3 amide bonds. The lowest BCUT2D eigenvalue weighted by Gasteiger charge is -2.29. The Labute approximate surface area is 120 Å². The third-order valence-electron chi connectivity index (χ3n) is 3.16. The maximum atomic E-state index is 13.0. The van der Waals surface area contributed by atoms with Gasteiger partial charge in [0.2, 0.25) is 17.7 Å². The van der Waals surface area contributed by atoms with Crippen LogP contribution in [0, 0.1) is 5.82 Å². The number of halogens is 1. The van der Waals surface area contributed by atoms with Gasteiger partial charge in [-0.05, 0) is 25.1 Å². The van der Waals surface area contributed by atoms with Crippen molar-refractivity contribution in [2.75, 3.05) is 24.1 Å². The first-order chi connectivity index (χ1) is 9.86. The minimum Gasteiger partial charge on any atom is -0.396 e. The van der Waals surface area contributed by atoms with E-state index in [4.69, 9.17) is 5.73 Å². The second-order valence-corrected chi connectivity index (χ2v) is 4.78. The molecule has 0 aliphatic carbocycles. The molecule has 1 aromatic rings. The second-order valence-electron chi connectivity index (χ2n) is 4.78. The third-order valence-corrected chi connectivity index (χ3v) is 3.16. The molecule has 112 valence electrons. The first kappa shape index (κ1) is 14.9. The molecule has 21 heavy (non-hydrogen) atoms. The van der Waals surface area contributed by atoms with Crippen LogP contribution in [0.5, 0.6) is 0 Å². The van der Waals surface area contributed by atoms with Gasteiger partial charge in [0.1, 0.15) is 5.82 Å². The molecule has 0 radical (unpaired) electrons. The summed E-state index contributed by atoms with van der Waals surface area (Å²) in [7, 11) is 0. The van der Waals surface area contributed by atoms with Crippen LogP contribution < -0.4 is 16.4 Å². The molecule has 1 fully saturated rings. The van der Waals surface area contributed by atoms with Gasteiger partial charge in [-0.1, -0.05) is 0 Å². The summed E-state index contributed by atoms with van der Waals surface area (Å²) in [6.07, 6.45) is 0. The van der Waals surface area contributed by atoms with Crippen molar-refractivity contribution in [1.29, 1.82) is 0 Å². The van der Waals surface area contributed by atoms with Crippen LogP contribution in [-0.4, -0.2) is 41.8 Å². The smallest absolute Gasteiger partial charge is 0.241 e. The van der Waals surface area contributed by atoms with E-state index in [0.29, 0.717) is 5.69 Å². The fourth-order valence-electron chi connectivity index (χ4n) is 1.97. The van der Waals surface area contributed by atoms with E-state index in [9.17, 15) is 18.8 Å². The molecule has 0 spiro atoms. The first-order valence-corrected chi connectivity index (χ1v) is 6.29. The number of piperazine rings is 1. The first-order valence-electron chi connectivity index (χ1n) is 6.29. The lowest BCUT2D eigenvalue weighted by atomic mass is 10.2. The van der Waals surface area contributed by atoms with E-state index in [0.717, 1.165) is 6.07 Å². The van der Waals surface area contributed by atoms with Gasteiger partial charge in [-0.15, -0.1) is 0 Å². The molecule has 2 rings (SSSR count). The van der Waals surface area contributed by atoms with Crippen molar-refractivity contribution in [1.82, 2.24) is 10.2 Å². The molecular formula is C13H15FN4O3. The van der Waals surface area contributed by atoms with Crippen LogP contribution >= 0.6 is 0 Å². The summed E-state index contributed by atoms with van der Waals surface area (Å²) >= 11 is 0. The Hall–Kier alpha value is -2.48. The van der Waals surface area contributed by atoms with Crippen LogP contribution in [0.3, 0.4) is 0 Å². The number of amides is 3. The molecule has 7 nitrogen and oxygen atoms in total. The van der Waals surface area contributed by atoms with Crippen LogP contribution in [0.25, 0.3) is 0 Å². The predicted molar refractivity (Wildman–Crippen MR) is 73.6 cm³/mol. The highest BCUT2D eigenvalue weighted by atomic mass is 19.1. The van der Waals surface area contributed by atoms with E-state index in [1.54, 1.807) is 6.92 Å². The average molecular weight is 294 g/mol. The van der Waals surface area contributed by atoms with Gasteiger partial charge in [0.25, 0.3) is 0 Å². The number of anilines is 2. The number of nitrogens with one attached hydrogen (secondary N) is 2. The van der Waals surface area contributed by atoms with E-state index in [1.165, 1.54) is 17.0 Å². The van der Waals surface area contributed by atoms with Crippen molar-refractivity contribution < 1.29 is 18.8 Å². The lowest BCUT2D eigenvalue weighted by Crippen LogP contribution is -2.56. The normalized spacial score (nSPS) is 17.2. The summed E-state index contributed by atoms with van der Waals surface area (Å²) in [6, 6.07) is 3.14. The lowest BCUT2D eigenvalue weighted by molar-refractivity contribution is -0.138. The molecule has 1 unspecified atom stereocenters. The topological polar surface area (TPSA) is 105 Å². The van der Waals surface area contributed by atoms with Crippen molar-refractivity contribution in [3.63, 3.8) is 0 Å². The predicted octanol–water partition coefficient (Wildman–Crippen LogP) is -0.307. The van der Waals surface area contributed by atoms with Crippen molar-refractivity contribution >= 4 is 29.1 Å². The zero-order chi connectivity index (χ0) is 15.6. The number of nitrogens with zero attached hydrogens (tertiary/aromatic N) is 1. The number of benzene rings is 1. The summed E-state index contributed by atoms with van der Waals surface area (Å²) < 4.78 is 13.0. The van der Waals surface area contributed by atoms with Gasteiger partial charge in [0, 0.05) is 5.69 Å². The summed E-state index contributed by atoms with van der Waals surface area (Å²) in [6.45, 7) is 1.51. The summed E-state index contributed by atoms with van der Waals surface area (Å²) in [5, 5.41) is 4.72. The maximum Gasteiger partial charge on any atom is 0.241 e. The largest absolute Gasteiger partial charge is 0.396 e. The second kappa shape index (κ2) is 5.88. The zero-order valence-electron chi connectivity index (χ0n) is 11.4. The Morgan fingerprint density at radius 1 is 1.38 bits per heavy atom. The van der Waals surface area contributed by atoms with Gasteiger partial charge in [-0.2, -0.15) is 0 Å². The van der Waals surface area contributed by atoms with Gasteiger partial charge in [-0.3, -0.25) is 24.6 Å². The maximum absolute atomic E-state index is 13.0. The SMILES string of the molecule is CC(C(=O)Nc1ccc(F)c(N)c1)N1CC(=O)NC(=O)C1. The molecule has 8 heteroatoms. The van der Waals surface area contributed by atoms with Crippen molar-refractivity contribution in [2.45, 2.75) is 13.0 Å². The van der Waals surface area contributed by atoms with Gasteiger partial charge in [0.05, 0.1) is 24.8 Å². The monoisotopic (exact) mass is 294 g/mol. The average Bonchev–Trinajstić information content (AvgIpc) is 2.41. The fourth-order valence-corrected chi connectivity index (χ4v) is 1.97. The van der Waals surface area contributed by atoms with Crippen LogP contribution in [0.15, 0.2) is 18.2 Å². The molecule has 0 aromatic heterocycles. The summed E-state index contributed by atoms with van der Waals surface area (Å²) in [5.41, 5.74) is 5.69. The number of hydrogen-bond acceptors (Lipinski definition) is 5. The van der Waals surface area contributed by atoms with Crippen LogP contribution in [0.4, 0.5) is 15.8 Å². The van der Waals surface area contributed by atoms with E-state index in [1.807, 2.05) is 0 Å². The van der Waals surface area contributed by atoms with Crippen LogP contribution in [0.2, 0.25) is 0 Å². The Bertz CT molecular complexity index is 589. The number of imide groups is 1. The Balaban J connectivity index is 2.03. The van der Waals surface area contributed by atoms with Gasteiger partial charge in [0.15, 0.2) is 0 Å². The number of hydrogen-bond donors (Lipinski definition) is 3. The fraction of sp³-hybridized carbons (Fsp3) is 0.308. The number of rotatable bonds is 3. The number of carbonyl (C=O) groups excluding carboxylic acids is 3. The molecule has 1 heterocycles. The van der Waals surface area contributed by atoms with Crippen molar-refractivity contribution in [2.24, 2.45) is 0 Å². The highest BCUT2D eigenvalue weighted by Gasteiger charge is 2.29. The molecule has 1 atom stereocenters. The summed E-state index contributed by atoms with van der Waals surface area (Å²) in [4.78, 5) is 36.1. The zero-order valence-corrected chi connectivity index (χ0v) is 11.4. The van der Waals surface area contributed by atoms with Crippen LogP contribution in [-0.2, 0) is 14.4 Å². The quantitative estimate of drug-likeness (QED) is 0.524. The molecule has 0 saturated carbocycles. The third kappa shape index (κ3) is 3.54. The minimum absolute atomic E-state index is 0.0358. The van der Waals surface area contributed by atoms with Crippen molar-refractivity contribution in [3.05, 3.63) is 24.0 Å². The summed E-state index contributed by atoms with van der Waals surface area (Å²) in [5.74, 6) is -1.88. The Morgan fingerprint density at radius 3 is 2.57 bits per heavy atom. The Kier molecular flexibility index (Phi) is 4.18.